The molecule has 0 spiro atoms. The Morgan fingerprint density at radius 2 is 1.89 bits per heavy atom. The summed E-state index contributed by atoms with van der Waals surface area (Å²) in [5.41, 5.74) is 3.09. The van der Waals surface area contributed by atoms with Crippen molar-refractivity contribution in [3.05, 3.63) is 64.9 Å². The highest BCUT2D eigenvalue weighted by Gasteiger charge is 2.16. The molecule has 0 radical (unpaired) electrons. The van der Waals surface area contributed by atoms with Crippen LogP contribution in [-0.2, 0) is 6.54 Å². The average Bonchev–Trinajstić information content (AvgIpc) is 3.18. The Morgan fingerprint density at radius 1 is 1.11 bits per heavy atom. The summed E-state index contributed by atoms with van der Waals surface area (Å²) in [5, 5.41) is 6.52. The molecule has 1 atom stereocenters. The van der Waals surface area contributed by atoms with Crippen molar-refractivity contribution in [2.24, 2.45) is 0 Å². The summed E-state index contributed by atoms with van der Waals surface area (Å²) in [7, 11) is 0. The Labute approximate surface area is 162 Å². The number of rotatable bonds is 6. The van der Waals surface area contributed by atoms with Gasteiger partial charge in [-0.05, 0) is 48.4 Å². The number of nitrogens with one attached hydrogen (secondary N) is 1. The van der Waals surface area contributed by atoms with Crippen LogP contribution in [-0.4, -0.2) is 18.2 Å². The number of benzene rings is 2. The summed E-state index contributed by atoms with van der Waals surface area (Å²) in [6.07, 6.45) is 0.953. The van der Waals surface area contributed by atoms with Gasteiger partial charge in [-0.25, -0.2) is 9.37 Å². The molecule has 0 saturated heterocycles. The van der Waals surface area contributed by atoms with Crippen LogP contribution in [0, 0.1) is 5.82 Å². The second-order valence-corrected chi connectivity index (χ2v) is 7.25. The van der Waals surface area contributed by atoms with Crippen LogP contribution >= 0.6 is 11.3 Å². The smallest absolute Gasteiger partial charge is 0.161 e. The van der Waals surface area contributed by atoms with Crippen LogP contribution in [0.2, 0.25) is 0 Å². The van der Waals surface area contributed by atoms with Crippen LogP contribution in [0.15, 0.2) is 47.8 Å². The summed E-state index contributed by atoms with van der Waals surface area (Å²) < 4.78 is 24.4. The number of thiazole rings is 1. The van der Waals surface area contributed by atoms with E-state index < -0.39 is 0 Å². The van der Waals surface area contributed by atoms with E-state index in [0.29, 0.717) is 19.8 Å². The molecule has 1 aliphatic heterocycles. The first-order valence-electron chi connectivity index (χ1n) is 9.06. The number of halogens is 1. The lowest BCUT2D eigenvalue weighted by Gasteiger charge is -2.22. The highest BCUT2D eigenvalue weighted by molar-refractivity contribution is 7.13. The number of aromatic nitrogens is 1. The lowest BCUT2D eigenvalue weighted by molar-refractivity contribution is 0.171. The first kappa shape index (κ1) is 17.9. The van der Waals surface area contributed by atoms with E-state index in [1.165, 1.54) is 17.7 Å². The van der Waals surface area contributed by atoms with Gasteiger partial charge in [0.1, 0.15) is 24.0 Å². The Morgan fingerprint density at radius 3 is 2.67 bits per heavy atom. The van der Waals surface area contributed by atoms with Crippen molar-refractivity contribution in [3.8, 4) is 22.1 Å². The molecular formula is C21H21FN2O2S. The largest absolute Gasteiger partial charge is 0.486 e. The fourth-order valence-electron chi connectivity index (χ4n) is 3.12. The Kier molecular flexibility index (Phi) is 5.36. The van der Waals surface area contributed by atoms with Gasteiger partial charge >= 0.3 is 0 Å². The fraction of sp³-hybridized carbons (Fsp3) is 0.286. The predicted molar refractivity (Wildman–Crippen MR) is 105 cm³/mol. The van der Waals surface area contributed by atoms with Crippen molar-refractivity contribution in [3.63, 3.8) is 0 Å². The molecule has 140 valence electrons. The number of hydrogen-bond acceptors (Lipinski definition) is 5. The fourth-order valence-corrected chi connectivity index (χ4v) is 3.94. The van der Waals surface area contributed by atoms with Gasteiger partial charge < -0.3 is 14.8 Å². The number of hydrogen-bond donors (Lipinski definition) is 1. The second kappa shape index (κ2) is 8.06. The molecule has 0 saturated carbocycles. The van der Waals surface area contributed by atoms with Crippen molar-refractivity contribution in [2.45, 2.75) is 25.9 Å². The molecule has 1 N–H and O–H groups in total. The van der Waals surface area contributed by atoms with Gasteiger partial charge in [-0.2, -0.15) is 0 Å². The monoisotopic (exact) mass is 384 g/mol. The molecule has 4 nitrogen and oxygen atoms in total. The molecule has 0 bridgehead atoms. The Hall–Kier alpha value is -2.44. The van der Waals surface area contributed by atoms with E-state index >= 15 is 0 Å². The molecular weight excluding hydrogens is 363 g/mol. The number of nitrogens with zero attached hydrogens (tertiary/aromatic N) is 1. The highest BCUT2D eigenvalue weighted by Crippen LogP contribution is 2.33. The zero-order valence-electron chi connectivity index (χ0n) is 15.1. The molecule has 0 aliphatic carbocycles. The SMILES string of the molecule is CCC(NCc1csc(-c2ccc(F)cc2)n1)c1ccc2c(c1)OCCO2. The van der Waals surface area contributed by atoms with E-state index in [4.69, 9.17) is 9.47 Å². The number of ether oxygens (including phenoxy) is 2. The zero-order valence-corrected chi connectivity index (χ0v) is 15.9. The molecule has 1 aliphatic rings. The van der Waals surface area contributed by atoms with E-state index in [2.05, 4.69) is 29.4 Å². The molecule has 6 heteroatoms. The maximum atomic E-state index is 13.1. The van der Waals surface area contributed by atoms with E-state index in [9.17, 15) is 4.39 Å². The summed E-state index contributed by atoms with van der Waals surface area (Å²) in [6, 6.07) is 12.8. The minimum Gasteiger partial charge on any atom is -0.486 e. The van der Waals surface area contributed by atoms with Gasteiger partial charge in [0.25, 0.3) is 0 Å². The normalized spacial score (nSPS) is 14.1. The third-order valence-electron chi connectivity index (χ3n) is 4.55. The molecule has 3 aromatic rings. The molecule has 4 rings (SSSR count). The first-order valence-corrected chi connectivity index (χ1v) is 9.94. The Bertz CT molecular complexity index is 911. The average molecular weight is 384 g/mol. The summed E-state index contributed by atoms with van der Waals surface area (Å²) in [5.74, 6) is 1.39. The molecule has 0 fully saturated rings. The van der Waals surface area contributed by atoms with Crippen LogP contribution in [0.3, 0.4) is 0 Å². The lowest BCUT2D eigenvalue weighted by Crippen LogP contribution is -2.21. The maximum absolute atomic E-state index is 13.1. The number of fused-ring (bicyclic) bond motifs is 1. The molecule has 27 heavy (non-hydrogen) atoms. The van der Waals surface area contributed by atoms with E-state index in [1.54, 1.807) is 23.5 Å². The molecule has 1 aromatic heterocycles. The maximum Gasteiger partial charge on any atom is 0.161 e. The summed E-state index contributed by atoms with van der Waals surface area (Å²) in [4.78, 5) is 4.67. The minimum absolute atomic E-state index is 0.205. The first-order chi connectivity index (χ1) is 13.2. The van der Waals surface area contributed by atoms with Gasteiger partial charge in [-0.1, -0.05) is 13.0 Å². The summed E-state index contributed by atoms with van der Waals surface area (Å²) >= 11 is 1.57. The Balaban J connectivity index is 1.43. The lowest BCUT2D eigenvalue weighted by atomic mass is 10.0. The highest BCUT2D eigenvalue weighted by atomic mass is 32.1. The van der Waals surface area contributed by atoms with Crippen LogP contribution in [0.4, 0.5) is 4.39 Å². The molecule has 2 aromatic carbocycles. The molecule has 2 heterocycles. The third-order valence-corrected chi connectivity index (χ3v) is 5.49. The minimum atomic E-state index is -0.234. The van der Waals surface area contributed by atoms with Crippen LogP contribution < -0.4 is 14.8 Å². The summed E-state index contributed by atoms with van der Waals surface area (Å²) in [6.45, 7) is 4.01. The topological polar surface area (TPSA) is 43.4 Å². The van der Waals surface area contributed by atoms with Crippen LogP contribution in [0.1, 0.15) is 30.6 Å². The van der Waals surface area contributed by atoms with Gasteiger partial charge in [0.2, 0.25) is 0 Å². The van der Waals surface area contributed by atoms with Crippen molar-refractivity contribution in [1.82, 2.24) is 10.3 Å². The van der Waals surface area contributed by atoms with Gasteiger partial charge in [-0.15, -0.1) is 11.3 Å². The van der Waals surface area contributed by atoms with Crippen LogP contribution in [0.25, 0.3) is 10.6 Å². The predicted octanol–water partition coefficient (Wildman–Crippen LogP) is 4.96. The second-order valence-electron chi connectivity index (χ2n) is 6.40. The van der Waals surface area contributed by atoms with Gasteiger partial charge in [-0.3, -0.25) is 0 Å². The molecule has 1 unspecified atom stereocenters. The van der Waals surface area contributed by atoms with Gasteiger partial charge in [0.15, 0.2) is 11.5 Å². The van der Waals surface area contributed by atoms with Gasteiger partial charge in [0, 0.05) is 23.5 Å². The van der Waals surface area contributed by atoms with E-state index in [-0.39, 0.29) is 11.9 Å². The van der Waals surface area contributed by atoms with Crippen molar-refractivity contribution in [1.29, 1.82) is 0 Å². The van der Waals surface area contributed by atoms with Crippen molar-refractivity contribution < 1.29 is 13.9 Å². The quantitative estimate of drug-likeness (QED) is 0.652. The van der Waals surface area contributed by atoms with Crippen LogP contribution in [0.5, 0.6) is 11.5 Å². The zero-order chi connectivity index (χ0) is 18.6. The third kappa shape index (κ3) is 4.12. The van der Waals surface area contributed by atoms with Crippen molar-refractivity contribution in [2.75, 3.05) is 13.2 Å². The standard InChI is InChI=1S/C21H21FN2O2S/c1-2-18(15-5-8-19-20(11-15)26-10-9-25-19)23-12-17-13-27-21(24-17)14-3-6-16(22)7-4-14/h3-8,11,13,18,23H,2,9-10,12H2,1H3. The van der Waals surface area contributed by atoms with Crippen molar-refractivity contribution >= 4 is 11.3 Å². The van der Waals surface area contributed by atoms with E-state index in [1.807, 2.05) is 11.4 Å². The van der Waals surface area contributed by atoms with E-state index in [0.717, 1.165) is 34.2 Å². The molecule has 0 amide bonds. The van der Waals surface area contributed by atoms with Gasteiger partial charge in [0.05, 0.1) is 5.69 Å².